The van der Waals surface area contributed by atoms with Crippen LogP contribution in [0.2, 0.25) is 0 Å². The highest BCUT2D eigenvalue weighted by atomic mass is 16.2. The molecule has 1 aromatic carbocycles. The number of nitrogens with one attached hydrogen (secondary N) is 1. The van der Waals surface area contributed by atoms with Crippen LogP contribution in [0.3, 0.4) is 0 Å². The third-order valence-electron chi connectivity index (χ3n) is 5.59. The van der Waals surface area contributed by atoms with Crippen LogP contribution >= 0.6 is 0 Å². The Morgan fingerprint density at radius 1 is 1.34 bits per heavy atom. The quantitative estimate of drug-likeness (QED) is 0.764. The second-order valence-corrected chi connectivity index (χ2v) is 7.67. The zero-order valence-corrected chi connectivity index (χ0v) is 17.3. The van der Waals surface area contributed by atoms with E-state index in [9.17, 15) is 9.59 Å². The Bertz CT molecular complexity index is 891. The highest BCUT2D eigenvalue weighted by molar-refractivity contribution is 6.00. The van der Waals surface area contributed by atoms with Gasteiger partial charge in [0.1, 0.15) is 0 Å². The van der Waals surface area contributed by atoms with Gasteiger partial charge in [0.15, 0.2) is 0 Å². The van der Waals surface area contributed by atoms with Gasteiger partial charge in [0.2, 0.25) is 5.91 Å². The minimum absolute atomic E-state index is 0.0586. The summed E-state index contributed by atoms with van der Waals surface area (Å²) in [4.78, 5) is 28.7. The van der Waals surface area contributed by atoms with Crippen LogP contribution in [-0.4, -0.2) is 58.6 Å². The first-order valence-electron chi connectivity index (χ1n) is 9.87. The summed E-state index contributed by atoms with van der Waals surface area (Å²) < 4.78 is 1.92. The van der Waals surface area contributed by atoms with E-state index >= 15 is 0 Å². The van der Waals surface area contributed by atoms with Gasteiger partial charge in [-0.05, 0) is 62.7 Å². The molecule has 2 aromatic rings. The number of likely N-dealkylation sites (tertiary alicyclic amines) is 1. The molecule has 0 aliphatic carbocycles. The zero-order chi connectivity index (χ0) is 21.0. The maximum absolute atomic E-state index is 13.0. The number of hydrogen-bond acceptors (Lipinski definition) is 4. The third-order valence-corrected chi connectivity index (χ3v) is 5.59. The van der Waals surface area contributed by atoms with Crippen molar-refractivity contribution in [1.82, 2.24) is 19.6 Å². The van der Waals surface area contributed by atoms with E-state index in [0.717, 1.165) is 19.4 Å². The largest absolute Gasteiger partial charge is 0.341 e. The highest BCUT2D eigenvalue weighted by Crippen LogP contribution is 2.35. The van der Waals surface area contributed by atoms with Gasteiger partial charge in [-0.1, -0.05) is 12.6 Å². The lowest BCUT2D eigenvalue weighted by Crippen LogP contribution is -2.43. The number of piperidine rings is 1. The van der Waals surface area contributed by atoms with Gasteiger partial charge < -0.3 is 10.2 Å². The molecule has 0 spiro atoms. The van der Waals surface area contributed by atoms with Gasteiger partial charge in [-0.25, -0.2) is 0 Å². The van der Waals surface area contributed by atoms with Gasteiger partial charge in [-0.15, -0.1) is 0 Å². The van der Waals surface area contributed by atoms with E-state index in [1.165, 1.54) is 11.8 Å². The molecule has 0 bridgehead atoms. The van der Waals surface area contributed by atoms with Crippen LogP contribution in [0.1, 0.15) is 34.9 Å². The van der Waals surface area contributed by atoms with Crippen molar-refractivity contribution in [3.05, 3.63) is 60.4 Å². The van der Waals surface area contributed by atoms with Crippen LogP contribution in [0, 0.1) is 5.92 Å². The molecule has 2 atom stereocenters. The maximum Gasteiger partial charge on any atom is 0.253 e. The van der Waals surface area contributed by atoms with E-state index in [0.29, 0.717) is 23.7 Å². The molecule has 7 heteroatoms. The van der Waals surface area contributed by atoms with Gasteiger partial charge >= 0.3 is 0 Å². The van der Waals surface area contributed by atoms with Crippen molar-refractivity contribution in [3.63, 3.8) is 0 Å². The third kappa shape index (κ3) is 4.74. The first kappa shape index (κ1) is 20.8. The fourth-order valence-corrected chi connectivity index (χ4v) is 4.17. The van der Waals surface area contributed by atoms with Crippen molar-refractivity contribution in [1.29, 1.82) is 0 Å². The van der Waals surface area contributed by atoms with Gasteiger partial charge in [-0.2, -0.15) is 5.10 Å². The van der Waals surface area contributed by atoms with E-state index in [-0.39, 0.29) is 17.9 Å². The number of benzene rings is 1. The van der Waals surface area contributed by atoms with Crippen LogP contribution in [0.5, 0.6) is 0 Å². The molecule has 2 heterocycles. The number of carbonyl (C=O) groups is 2. The molecule has 1 N–H and O–H groups in total. The summed E-state index contributed by atoms with van der Waals surface area (Å²) in [7, 11) is 5.94. The van der Waals surface area contributed by atoms with E-state index < -0.39 is 0 Å². The smallest absolute Gasteiger partial charge is 0.253 e. The molecule has 1 saturated heterocycles. The predicted octanol–water partition coefficient (Wildman–Crippen LogP) is 2.70. The maximum atomic E-state index is 13.0. The second-order valence-electron chi connectivity index (χ2n) is 7.67. The monoisotopic (exact) mass is 395 g/mol. The molecular formula is C22H29N5O2. The molecule has 0 radical (unpaired) electrons. The molecule has 29 heavy (non-hydrogen) atoms. The van der Waals surface area contributed by atoms with Crippen LogP contribution in [0.4, 0.5) is 5.69 Å². The number of anilines is 1. The molecule has 2 amide bonds. The number of amides is 2. The summed E-state index contributed by atoms with van der Waals surface area (Å²) in [5, 5.41) is 7.03. The molecule has 0 unspecified atom stereocenters. The number of aromatic nitrogens is 2. The molecule has 7 nitrogen and oxygen atoms in total. The molecule has 1 aliphatic rings. The van der Waals surface area contributed by atoms with Gasteiger partial charge in [0, 0.05) is 38.1 Å². The van der Waals surface area contributed by atoms with E-state index in [1.54, 1.807) is 29.2 Å². The van der Waals surface area contributed by atoms with Crippen LogP contribution < -0.4 is 5.32 Å². The lowest BCUT2D eigenvalue weighted by molar-refractivity contribution is -0.111. The Kier molecular flexibility index (Phi) is 6.49. The van der Waals surface area contributed by atoms with Crippen LogP contribution in [-0.2, 0) is 11.8 Å². The van der Waals surface area contributed by atoms with Crippen LogP contribution in [0.15, 0.2) is 49.2 Å². The van der Waals surface area contributed by atoms with E-state index in [2.05, 4.69) is 35.0 Å². The fraction of sp³-hybridized carbons (Fsp3) is 0.409. The number of rotatable bonds is 6. The van der Waals surface area contributed by atoms with Gasteiger partial charge in [0.05, 0.1) is 11.7 Å². The highest BCUT2D eigenvalue weighted by Gasteiger charge is 2.33. The summed E-state index contributed by atoms with van der Waals surface area (Å²) in [6.45, 7) is 5.14. The SMILES string of the molecule is C=CC(=O)Nc1cccc(C(=O)N(C)C[C@@H]2CCCN(C)[C@H]2c2ccnn2C)c1. The topological polar surface area (TPSA) is 70.5 Å². The predicted molar refractivity (Wildman–Crippen MR) is 114 cm³/mol. The second kappa shape index (κ2) is 9.05. The fourth-order valence-electron chi connectivity index (χ4n) is 4.17. The number of nitrogens with zero attached hydrogens (tertiary/aromatic N) is 4. The first-order chi connectivity index (χ1) is 13.9. The van der Waals surface area contributed by atoms with Crippen LogP contribution in [0.25, 0.3) is 0 Å². The summed E-state index contributed by atoms with van der Waals surface area (Å²) in [6.07, 6.45) is 5.21. The average molecular weight is 396 g/mol. The minimum Gasteiger partial charge on any atom is -0.341 e. The van der Waals surface area contributed by atoms with Crippen molar-refractivity contribution in [3.8, 4) is 0 Å². The summed E-state index contributed by atoms with van der Waals surface area (Å²) in [5.41, 5.74) is 2.31. The molecule has 154 valence electrons. The van der Waals surface area contributed by atoms with Crippen molar-refractivity contribution in [2.45, 2.75) is 18.9 Å². The summed E-state index contributed by atoms with van der Waals surface area (Å²) in [6, 6.07) is 9.29. The molecule has 0 saturated carbocycles. The molecule has 1 aromatic heterocycles. The minimum atomic E-state index is -0.299. The number of aryl methyl sites for hydroxylation is 1. The lowest BCUT2D eigenvalue weighted by Gasteiger charge is -2.40. The summed E-state index contributed by atoms with van der Waals surface area (Å²) >= 11 is 0. The van der Waals surface area contributed by atoms with Crippen molar-refractivity contribution in [2.75, 3.05) is 32.5 Å². The van der Waals surface area contributed by atoms with E-state index in [4.69, 9.17) is 0 Å². The van der Waals surface area contributed by atoms with E-state index in [1.807, 2.05) is 25.0 Å². The lowest BCUT2D eigenvalue weighted by atomic mass is 9.86. The van der Waals surface area contributed by atoms with Gasteiger partial charge in [0.25, 0.3) is 5.91 Å². The molecule has 3 rings (SSSR count). The van der Waals surface area contributed by atoms with Crippen molar-refractivity contribution >= 4 is 17.5 Å². The average Bonchev–Trinajstić information content (AvgIpc) is 3.13. The molecular weight excluding hydrogens is 366 g/mol. The first-order valence-corrected chi connectivity index (χ1v) is 9.87. The molecule has 1 fully saturated rings. The Morgan fingerprint density at radius 3 is 2.83 bits per heavy atom. The van der Waals surface area contributed by atoms with Gasteiger partial charge in [-0.3, -0.25) is 19.2 Å². The standard InChI is InChI=1S/C22H29N5O2/c1-5-20(28)24-18-10-6-8-16(14-18)22(29)26(3)15-17-9-7-13-25(2)21(17)19-11-12-23-27(19)4/h5-6,8,10-12,14,17,21H,1,7,9,13,15H2,2-4H3,(H,24,28)/t17-,21+/m0/s1. The summed E-state index contributed by atoms with van der Waals surface area (Å²) in [5.74, 6) is -0.0364. The van der Waals surface area contributed by atoms with Crippen molar-refractivity contribution in [2.24, 2.45) is 13.0 Å². The normalized spacial score (nSPS) is 19.6. The number of carbonyl (C=O) groups excluding carboxylic acids is 2. The zero-order valence-electron chi connectivity index (χ0n) is 17.3. The Balaban J connectivity index is 1.74. The number of hydrogen-bond donors (Lipinski definition) is 1. The Morgan fingerprint density at radius 2 is 2.14 bits per heavy atom. The Labute approximate surface area is 172 Å². The molecule has 1 aliphatic heterocycles. The van der Waals surface area contributed by atoms with Crippen molar-refractivity contribution < 1.29 is 9.59 Å². The Hall–Kier alpha value is -2.93.